The molecular weight excluding hydrogens is 480 g/mol. The van der Waals surface area contributed by atoms with E-state index in [4.69, 9.17) is 0 Å². The number of nitro benzene ring substituents is 1. The molecule has 1 heterocycles. The topological polar surface area (TPSA) is 110 Å². The van der Waals surface area contributed by atoms with Crippen LogP contribution in [0.15, 0.2) is 120 Å². The number of carbonyl (C=O) groups excluding carboxylic acids is 1. The number of amides is 1. The summed E-state index contributed by atoms with van der Waals surface area (Å²) >= 11 is 0. The van der Waals surface area contributed by atoms with Crippen molar-refractivity contribution in [2.24, 2.45) is 5.10 Å². The zero-order valence-electron chi connectivity index (χ0n) is 20.1. The van der Waals surface area contributed by atoms with E-state index >= 15 is 0 Å². The number of aromatic nitrogens is 1. The zero-order chi connectivity index (χ0) is 26.5. The minimum absolute atomic E-state index is 0.361. The summed E-state index contributed by atoms with van der Waals surface area (Å²) in [6.45, 7) is 0. The first-order valence-electron chi connectivity index (χ1n) is 11.7. The summed E-state index contributed by atoms with van der Waals surface area (Å²) in [6.07, 6.45) is 1.27. The largest absolute Gasteiger partial charge is 0.502 e. The molecule has 0 saturated heterocycles. The lowest BCUT2D eigenvalue weighted by atomic mass is 10.1. The normalized spacial score (nSPS) is 10.9. The van der Waals surface area contributed by atoms with E-state index in [9.17, 15) is 20.0 Å². The fraction of sp³-hybridized carbons (Fsp3) is 0. The Hall–Kier alpha value is -5.50. The van der Waals surface area contributed by atoms with E-state index in [0.29, 0.717) is 11.1 Å². The first kappa shape index (κ1) is 24.2. The number of carbonyl (C=O) groups is 1. The first-order chi connectivity index (χ1) is 18.5. The third kappa shape index (κ3) is 5.05. The lowest BCUT2D eigenvalue weighted by Crippen LogP contribution is -2.17. The predicted molar refractivity (Wildman–Crippen MR) is 146 cm³/mol. The van der Waals surface area contributed by atoms with Gasteiger partial charge >= 0.3 is 5.69 Å². The minimum atomic E-state index is -0.691. The molecule has 1 aromatic heterocycles. The molecule has 5 rings (SSSR count). The number of hydrogen-bond acceptors (Lipinski definition) is 5. The van der Waals surface area contributed by atoms with E-state index in [-0.39, 0.29) is 0 Å². The molecule has 1 amide bonds. The van der Waals surface area contributed by atoms with Crippen LogP contribution >= 0.6 is 0 Å². The summed E-state index contributed by atoms with van der Waals surface area (Å²) in [6, 6.07) is 35.4. The Morgan fingerprint density at radius 1 is 0.816 bits per heavy atom. The molecule has 0 aliphatic rings. The summed E-state index contributed by atoms with van der Waals surface area (Å²) in [5, 5.41) is 24.4. The number of phenols is 1. The van der Waals surface area contributed by atoms with Crippen LogP contribution in [-0.4, -0.2) is 26.7 Å². The van der Waals surface area contributed by atoms with Gasteiger partial charge in [0, 0.05) is 22.9 Å². The van der Waals surface area contributed by atoms with Crippen molar-refractivity contribution in [3.05, 3.63) is 137 Å². The lowest BCUT2D eigenvalue weighted by Gasteiger charge is -2.15. The van der Waals surface area contributed by atoms with Gasteiger partial charge in [0.25, 0.3) is 5.91 Å². The van der Waals surface area contributed by atoms with Gasteiger partial charge in [0.1, 0.15) is 0 Å². The maximum Gasteiger partial charge on any atom is 0.311 e. The smallest absolute Gasteiger partial charge is 0.311 e. The fourth-order valence-electron chi connectivity index (χ4n) is 4.14. The highest BCUT2D eigenvalue weighted by atomic mass is 16.6. The van der Waals surface area contributed by atoms with Crippen LogP contribution in [0.5, 0.6) is 5.75 Å². The summed E-state index contributed by atoms with van der Waals surface area (Å²) in [5.41, 5.74) is 7.83. The molecule has 0 aliphatic carbocycles. The molecule has 0 unspecified atom stereocenters. The van der Waals surface area contributed by atoms with Gasteiger partial charge in [-0.2, -0.15) is 5.10 Å². The predicted octanol–water partition coefficient (Wildman–Crippen LogP) is 6.19. The second-order valence-corrected chi connectivity index (χ2v) is 8.42. The molecule has 8 heteroatoms. The Labute approximate surface area is 218 Å². The van der Waals surface area contributed by atoms with Crippen molar-refractivity contribution >= 4 is 17.8 Å². The number of hydrazone groups is 1. The summed E-state index contributed by atoms with van der Waals surface area (Å²) in [7, 11) is 0. The number of nitrogens with zero attached hydrogens (tertiary/aromatic N) is 3. The van der Waals surface area contributed by atoms with Crippen molar-refractivity contribution in [2.75, 3.05) is 0 Å². The molecule has 0 spiro atoms. The monoisotopic (exact) mass is 502 g/mol. The van der Waals surface area contributed by atoms with Crippen molar-refractivity contribution < 1.29 is 14.8 Å². The Bertz CT molecular complexity index is 1570. The van der Waals surface area contributed by atoms with Crippen molar-refractivity contribution in [3.63, 3.8) is 0 Å². The summed E-state index contributed by atoms with van der Waals surface area (Å²) in [5.74, 6) is -0.870. The Morgan fingerprint density at radius 3 is 1.95 bits per heavy atom. The molecule has 38 heavy (non-hydrogen) atoms. The third-order valence-electron chi connectivity index (χ3n) is 5.98. The van der Waals surface area contributed by atoms with Gasteiger partial charge in [0.15, 0.2) is 5.75 Å². The third-order valence-corrected chi connectivity index (χ3v) is 5.98. The molecule has 4 aromatic carbocycles. The average Bonchev–Trinajstić information content (AvgIpc) is 3.40. The van der Waals surface area contributed by atoms with Gasteiger partial charge in [-0.1, -0.05) is 60.7 Å². The molecule has 0 aliphatic heterocycles. The molecule has 186 valence electrons. The van der Waals surface area contributed by atoms with Crippen LogP contribution in [0.25, 0.3) is 28.2 Å². The first-order valence-corrected chi connectivity index (χ1v) is 11.7. The van der Waals surface area contributed by atoms with Gasteiger partial charge < -0.3 is 9.67 Å². The van der Waals surface area contributed by atoms with Crippen LogP contribution in [0, 0.1) is 10.1 Å². The molecule has 0 fully saturated rings. The van der Waals surface area contributed by atoms with Crippen molar-refractivity contribution in [3.8, 4) is 34.0 Å². The maximum absolute atomic E-state index is 12.7. The standard InChI is InChI=1S/C30H22N4O4/c35-29-18-11-21(19-28(29)34(37)38)20-31-32-30(36)24-12-14-25(15-13-24)33-26(22-7-3-1-4-8-22)16-17-27(33)23-9-5-2-6-10-23/h1-20,35H,(H,32,36)/b31-20-. The van der Waals surface area contributed by atoms with Crippen molar-refractivity contribution in [1.82, 2.24) is 9.99 Å². The molecule has 8 nitrogen and oxygen atoms in total. The number of benzene rings is 4. The van der Waals surface area contributed by atoms with E-state index in [1.807, 2.05) is 48.5 Å². The number of phenolic OH excluding ortho intramolecular Hbond substituents is 1. The van der Waals surface area contributed by atoms with E-state index in [0.717, 1.165) is 28.2 Å². The molecule has 0 radical (unpaired) electrons. The molecule has 0 saturated carbocycles. The Morgan fingerprint density at radius 2 is 1.39 bits per heavy atom. The highest BCUT2D eigenvalue weighted by molar-refractivity contribution is 5.95. The molecule has 0 atom stereocenters. The Balaban J connectivity index is 1.40. The van der Waals surface area contributed by atoms with E-state index in [1.54, 1.807) is 12.1 Å². The van der Waals surface area contributed by atoms with Gasteiger partial charge in [0.2, 0.25) is 0 Å². The summed E-state index contributed by atoms with van der Waals surface area (Å²) < 4.78 is 2.15. The van der Waals surface area contributed by atoms with E-state index in [2.05, 4.69) is 51.5 Å². The van der Waals surface area contributed by atoms with Gasteiger partial charge in [0.05, 0.1) is 22.5 Å². The van der Waals surface area contributed by atoms with Crippen LogP contribution in [-0.2, 0) is 0 Å². The Kier molecular flexibility index (Phi) is 6.77. The van der Waals surface area contributed by atoms with Crippen molar-refractivity contribution in [2.45, 2.75) is 0 Å². The van der Waals surface area contributed by atoms with Gasteiger partial charge in [-0.3, -0.25) is 14.9 Å². The number of rotatable bonds is 7. The van der Waals surface area contributed by atoms with Crippen LogP contribution in [0.4, 0.5) is 5.69 Å². The number of aromatic hydroxyl groups is 1. The zero-order valence-corrected chi connectivity index (χ0v) is 20.1. The van der Waals surface area contributed by atoms with Crippen LogP contribution in [0.3, 0.4) is 0 Å². The minimum Gasteiger partial charge on any atom is -0.502 e. The second-order valence-electron chi connectivity index (χ2n) is 8.42. The van der Waals surface area contributed by atoms with Gasteiger partial charge in [-0.25, -0.2) is 5.43 Å². The molecule has 2 N–H and O–H groups in total. The number of hydrogen-bond donors (Lipinski definition) is 2. The van der Waals surface area contributed by atoms with Gasteiger partial charge in [-0.15, -0.1) is 0 Å². The van der Waals surface area contributed by atoms with Crippen LogP contribution < -0.4 is 5.43 Å². The average molecular weight is 503 g/mol. The quantitative estimate of drug-likeness (QED) is 0.157. The lowest BCUT2D eigenvalue weighted by molar-refractivity contribution is -0.385. The number of nitro groups is 1. The van der Waals surface area contributed by atoms with Gasteiger partial charge in [-0.05, 0) is 59.7 Å². The van der Waals surface area contributed by atoms with Crippen LogP contribution in [0.2, 0.25) is 0 Å². The summed E-state index contributed by atoms with van der Waals surface area (Å²) in [4.78, 5) is 23.0. The molecular formula is C30H22N4O4. The van der Waals surface area contributed by atoms with Crippen molar-refractivity contribution in [1.29, 1.82) is 0 Å². The van der Waals surface area contributed by atoms with Crippen LogP contribution in [0.1, 0.15) is 15.9 Å². The highest BCUT2D eigenvalue weighted by Crippen LogP contribution is 2.32. The molecule has 0 bridgehead atoms. The number of nitrogens with one attached hydrogen (secondary N) is 1. The van der Waals surface area contributed by atoms with E-state index < -0.39 is 22.3 Å². The second kappa shape index (κ2) is 10.6. The molecule has 5 aromatic rings. The maximum atomic E-state index is 12.7. The SMILES string of the molecule is O=C(N/N=C\c1ccc(O)c([N+](=O)[O-])c1)c1ccc(-n2c(-c3ccccc3)ccc2-c2ccccc2)cc1. The van der Waals surface area contributed by atoms with E-state index in [1.165, 1.54) is 24.4 Å². The fourth-order valence-corrected chi connectivity index (χ4v) is 4.14. The highest BCUT2D eigenvalue weighted by Gasteiger charge is 2.15.